The van der Waals surface area contributed by atoms with E-state index < -0.39 is 0 Å². The fourth-order valence-corrected chi connectivity index (χ4v) is 1.44. The molecule has 0 aliphatic rings. The van der Waals surface area contributed by atoms with Crippen molar-refractivity contribution in [2.75, 3.05) is 13.1 Å². The summed E-state index contributed by atoms with van der Waals surface area (Å²) in [7, 11) is 0. The molecule has 0 aliphatic carbocycles. The van der Waals surface area contributed by atoms with E-state index in [9.17, 15) is 9.59 Å². The van der Waals surface area contributed by atoms with Gasteiger partial charge in [-0.05, 0) is 19.3 Å². The molecule has 0 spiro atoms. The van der Waals surface area contributed by atoms with Crippen molar-refractivity contribution in [1.29, 1.82) is 0 Å². The summed E-state index contributed by atoms with van der Waals surface area (Å²) in [6.45, 7) is 7.03. The van der Waals surface area contributed by atoms with E-state index in [1.807, 2.05) is 13.8 Å². The van der Waals surface area contributed by atoms with E-state index in [1.165, 1.54) is 6.92 Å². The number of carbonyl (C=O) groups excluding carboxylic acids is 2. The Labute approximate surface area is 105 Å². The van der Waals surface area contributed by atoms with Crippen molar-refractivity contribution in [1.82, 2.24) is 10.6 Å². The Balaban J connectivity index is 3.24. The van der Waals surface area contributed by atoms with E-state index in [0.29, 0.717) is 0 Å². The Hall–Kier alpha value is -1.06. The van der Waals surface area contributed by atoms with Crippen molar-refractivity contribution in [3.05, 3.63) is 0 Å². The summed E-state index contributed by atoms with van der Waals surface area (Å²) in [5, 5.41) is 5.70. The van der Waals surface area contributed by atoms with Gasteiger partial charge in [-0.15, -0.1) is 0 Å². The smallest absolute Gasteiger partial charge is 0.222 e. The normalized spacial score (nSPS) is 11.9. The number of carbonyl (C=O) groups is 2. The van der Waals surface area contributed by atoms with Crippen LogP contribution < -0.4 is 10.6 Å². The van der Waals surface area contributed by atoms with Crippen LogP contribution in [0.4, 0.5) is 0 Å². The molecule has 0 aromatic carbocycles. The van der Waals surface area contributed by atoms with Crippen LogP contribution in [0.3, 0.4) is 0 Å². The van der Waals surface area contributed by atoms with E-state index in [0.717, 1.165) is 45.2 Å². The summed E-state index contributed by atoms with van der Waals surface area (Å²) < 4.78 is 0. The number of nitrogens with one attached hydrogen (secondary N) is 2. The molecule has 0 aromatic heterocycles. The van der Waals surface area contributed by atoms with E-state index in [-0.39, 0.29) is 17.7 Å². The quantitative estimate of drug-likeness (QED) is 0.606. The van der Waals surface area contributed by atoms with Crippen LogP contribution in [0.15, 0.2) is 0 Å². The van der Waals surface area contributed by atoms with Crippen molar-refractivity contribution in [2.45, 2.75) is 52.9 Å². The molecule has 2 amide bonds. The van der Waals surface area contributed by atoms with Gasteiger partial charge in [0.2, 0.25) is 11.8 Å². The van der Waals surface area contributed by atoms with Crippen molar-refractivity contribution in [3.63, 3.8) is 0 Å². The molecule has 4 heteroatoms. The first kappa shape index (κ1) is 15.9. The largest absolute Gasteiger partial charge is 0.356 e. The van der Waals surface area contributed by atoms with Crippen molar-refractivity contribution < 1.29 is 9.59 Å². The predicted octanol–water partition coefficient (Wildman–Crippen LogP) is 1.85. The van der Waals surface area contributed by atoms with Crippen LogP contribution in [0.25, 0.3) is 0 Å². The third-order valence-electron chi connectivity index (χ3n) is 2.84. The van der Waals surface area contributed by atoms with Crippen LogP contribution in [0.2, 0.25) is 0 Å². The molecule has 0 saturated carbocycles. The third-order valence-corrected chi connectivity index (χ3v) is 2.84. The topological polar surface area (TPSA) is 58.2 Å². The standard InChI is InChI=1S/C13H26N2O2/c1-4-11(2)13(17)15-10-8-6-5-7-9-14-12(3)16/h11H,4-10H2,1-3H3,(H,14,16)(H,15,17). The lowest BCUT2D eigenvalue weighted by atomic mass is 10.1. The van der Waals surface area contributed by atoms with Gasteiger partial charge in [0.1, 0.15) is 0 Å². The highest BCUT2D eigenvalue weighted by molar-refractivity contribution is 5.78. The molecular formula is C13H26N2O2. The van der Waals surface area contributed by atoms with Gasteiger partial charge in [-0.2, -0.15) is 0 Å². The second-order valence-corrected chi connectivity index (χ2v) is 4.50. The van der Waals surface area contributed by atoms with E-state index in [2.05, 4.69) is 10.6 Å². The summed E-state index contributed by atoms with van der Waals surface area (Å²) in [5.74, 6) is 0.311. The van der Waals surface area contributed by atoms with E-state index in [1.54, 1.807) is 0 Å². The second kappa shape index (κ2) is 10.1. The maximum Gasteiger partial charge on any atom is 0.222 e. The zero-order valence-electron chi connectivity index (χ0n) is 11.3. The highest BCUT2D eigenvalue weighted by atomic mass is 16.2. The number of amides is 2. The molecule has 4 nitrogen and oxygen atoms in total. The highest BCUT2D eigenvalue weighted by Gasteiger charge is 2.08. The van der Waals surface area contributed by atoms with Gasteiger partial charge in [0, 0.05) is 25.9 Å². The first-order chi connectivity index (χ1) is 8.07. The lowest BCUT2D eigenvalue weighted by Crippen LogP contribution is -2.29. The van der Waals surface area contributed by atoms with Crippen molar-refractivity contribution in [3.8, 4) is 0 Å². The molecule has 0 aliphatic heterocycles. The molecule has 0 heterocycles. The fourth-order valence-electron chi connectivity index (χ4n) is 1.44. The number of hydrogen-bond donors (Lipinski definition) is 2. The molecule has 0 bridgehead atoms. The Morgan fingerprint density at radius 2 is 1.53 bits per heavy atom. The maximum absolute atomic E-state index is 11.4. The summed E-state index contributed by atoms with van der Waals surface area (Å²) in [6.07, 6.45) is 5.11. The minimum atomic E-state index is 0.0332. The van der Waals surface area contributed by atoms with Gasteiger partial charge in [0.25, 0.3) is 0 Å². The Morgan fingerprint density at radius 1 is 1.00 bits per heavy atom. The highest BCUT2D eigenvalue weighted by Crippen LogP contribution is 2.01. The Morgan fingerprint density at radius 3 is 2.00 bits per heavy atom. The molecular weight excluding hydrogens is 216 g/mol. The predicted molar refractivity (Wildman–Crippen MR) is 69.6 cm³/mol. The van der Waals surface area contributed by atoms with Crippen LogP contribution in [-0.4, -0.2) is 24.9 Å². The lowest BCUT2D eigenvalue weighted by molar-refractivity contribution is -0.124. The summed E-state index contributed by atoms with van der Waals surface area (Å²) in [4.78, 5) is 22.0. The van der Waals surface area contributed by atoms with Crippen LogP contribution >= 0.6 is 0 Å². The van der Waals surface area contributed by atoms with E-state index in [4.69, 9.17) is 0 Å². The zero-order valence-corrected chi connectivity index (χ0v) is 11.3. The minimum absolute atomic E-state index is 0.0332. The zero-order chi connectivity index (χ0) is 13.1. The molecule has 0 rings (SSSR count). The van der Waals surface area contributed by atoms with Gasteiger partial charge < -0.3 is 10.6 Å². The third kappa shape index (κ3) is 9.85. The van der Waals surface area contributed by atoms with Crippen LogP contribution in [-0.2, 0) is 9.59 Å². The molecule has 0 aromatic rings. The average Bonchev–Trinajstić information content (AvgIpc) is 2.30. The monoisotopic (exact) mass is 242 g/mol. The van der Waals surface area contributed by atoms with Crippen LogP contribution in [0, 0.1) is 5.92 Å². The first-order valence-corrected chi connectivity index (χ1v) is 6.60. The minimum Gasteiger partial charge on any atom is -0.356 e. The SMILES string of the molecule is CCC(C)C(=O)NCCCCCCNC(C)=O. The van der Waals surface area contributed by atoms with E-state index >= 15 is 0 Å². The molecule has 2 N–H and O–H groups in total. The molecule has 0 saturated heterocycles. The molecule has 17 heavy (non-hydrogen) atoms. The van der Waals surface area contributed by atoms with Crippen LogP contribution in [0.1, 0.15) is 52.9 Å². The van der Waals surface area contributed by atoms with Crippen LogP contribution in [0.5, 0.6) is 0 Å². The molecule has 0 radical (unpaired) electrons. The van der Waals surface area contributed by atoms with Gasteiger partial charge in [-0.1, -0.05) is 26.7 Å². The first-order valence-electron chi connectivity index (χ1n) is 6.60. The lowest BCUT2D eigenvalue weighted by Gasteiger charge is -2.09. The van der Waals surface area contributed by atoms with Crippen molar-refractivity contribution in [2.24, 2.45) is 5.92 Å². The van der Waals surface area contributed by atoms with Gasteiger partial charge >= 0.3 is 0 Å². The number of hydrogen-bond acceptors (Lipinski definition) is 2. The van der Waals surface area contributed by atoms with Gasteiger partial charge in [0.15, 0.2) is 0 Å². The second-order valence-electron chi connectivity index (χ2n) is 4.50. The Kier molecular flexibility index (Phi) is 9.49. The number of rotatable bonds is 9. The molecule has 0 fully saturated rings. The van der Waals surface area contributed by atoms with Crippen molar-refractivity contribution >= 4 is 11.8 Å². The maximum atomic E-state index is 11.4. The molecule has 1 atom stereocenters. The Bertz CT molecular complexity index is 229. The van der Waals surface area contributed by atoms with Gasteiger partial charge in [-0.3, -0.25) is 9.59 Å². The summed E-state index contributed by atoms with van der Waals surface area (Å²) >= 11 is 0. The van der Waals surface area contributed by atoms with Gasteiger partial charge in [0.05, 0.1) is 0 Å². The fraction of sp³-hybridized carbons (Fsp3) is 0.846. The number of unbranched alkanes of at least 4 members (excludes halogenated alkanes) is 3. The molecule has 100 valence electrons. The molecule has 1 unspecified atom stereocenters. The van der Waals surface area contributed by atoms with Gasteiger partial charge in [-0.25, -0.2) is 0 Å². The average molecular weight is 242 g/mol. The summed E-state index contributed by atoms with van der Waals surface area (Å²) in [6, 6.07) is 0. The summed E-state index contributed by atoms with van der Waals surface area (Å²) in [5.41, 5.74) is 0.